The summed E-state index contributed by atoms with van der Waals surface area (Å²) in [7, 11) is -4.66. The van der Waals surface area contributed by atoms with Gasteiger partial charge in [0.25, 0.3) is 0 Å². The number of aryl methyl sites for hydroxylation is 1. The van der Waals surface area contributed by atoms with Gasteiger partial charge in [-0.3, -0.25) is 4.52 Å². The van der Waals surface area contributed by atoms with E-state index >= 15 is 0 Å². The average Bonchev–Trinajstić information content (AvgIpc) is 2.81. The summed E-state index contributed by atoms with van der Waals surface area (Å²) in [4.78, 5) is 18.9. The first-order chi connectivity index (χ1) is 15.7. The van der Waals surface area contributed by atoms with Crippen LogP contribution in [0.25, 0.3) is 11.1 Å². The van der Waals surface area contributed by atoms with Gasteiger partial charge in [0.1, 0.15) is 0 Å². The third kappa shape index (κ3) is 8.25. The Morgan fingerprint density at radius 3 is 2.27 bits per heavy atom. The van der Waals surface area contributed by atoms with Crippen molar-refractivity contribution < 1.29 is 24.0 Å². The quantitative estimate of drug-likeness (QED) is 0.212. The summed E-state index contributed by atoms with van der Waals surface area (Å²) in [6.07, 6.45) is 0.672. The fraction of sp³-hybridized carbons (Fsp3) is 0.250. The standard InChI is InChI=1S/C24H27ClNO5PS/c25-23-14-21(7-6-20(23)12-13-24(26,16-27)17-31-32(28,29)30)19-8-10-22(11-9-19)33-15-18-4-2-1-3-5-18/h1-11,14,27H,12-13,15-17,26H2,(H2,28,29,30). The second-order valence-corrected chi connectivity index (χ2v) is 10.6. The number of halogens is 1. The van der Waals surface area contributed by atoms with Crippen molar-refractivity contribution in [3.8, 4) is 11.1 Å². The van der Waals surface area contributed by atoms with E-state index in [0.717, 1.165) is 22.4 Å². The maximum Gasteiger partial charge on any atom is 0.469 e. The van der Waals surface area contributed by atoms with Crippen molar-refractivity contribution in [3.05, 3.63) is 88.9 Å². The highest BCUT2D eigenvalue weighted by Crippen LogP contribution is 2.37. The zero-order valence-electron chi connectivity index (χ0n) is 17.9. The molecule has 0 saturated carbocycles. The molecular weight excluding hydrogens is 481 g/mol. The van der Waals surface area contributed by atoms with Gasteiger partial charge in [0, 0.05) is 15.7 Å². The number of hydrogen-bond donors (Lipinski definition) is 4. The number of aliphatic hydroxyl groups excluding tert-OH is 1. The van der Waals surface area contributed by atoms with Crippen LogP contribution >= 0.6 is 31.2 Å². The molecule has 176 valence electrons. The van der Waals surface area contributed by atoms with Crippen molar-refractivity contribution in [2.75, 3.05) is 13.2 Å². The summed E-state index contributed by atoms with van der Waals surface area (Å²) >= 11 is 8.27. The fourth-order valence-corrected chi connectivity index (χ4v) is 4.76. The summed E-state index contributed by atoms with van der Waals surface area (Å²) in [5, 5.41) is 10.1. The van der Waals surface area contributed by atoms with Crippen molar-refractivity contribution in [2.45, 2.75) is 29.0 Å². The number of aliphatic hydroxyl groups is 1. The molecule has 33 heavy (non-hydrogen) atoms. The van der Waals surface area contributed by atoms with Crippen LogP contribution < -0.4 is 5.73 Å². The molecule has 6 nitrogen and oxygen atoms in total. The van der Waals surface area contributed by atoms with Crippen LogP contribution in [-0.2, 0) is 21.3 Å². The van der Waals surface area contributed by atoms with Gasteiger partial charge < -0.3 is 20.6 Å². The Hall–Kier alpha value is -1.67. The largest absolute Gasteiger partial charge is 0.469 e. The predicted molar refractivity (Wildman–Crippen MR) is 133 cm³/mol. The van der Waals surface area contributed by atoms with Crippen molar-refractivity contribution in [3.63, 3.8) is 0 Å². The van der Waals surface area contributed by atoms with E-state index in [1.165, 1.54) is 10.5 Å². The van der Waals surface area contributed by atoms with Crippen molar-refractivity contribution in [2.24, 2.45) is 5.73 Å². The number of phosphoric ester groups is 1. The van der Waals surface area contributed by atoms with Crippen LogP contribution in [0.3, 0.4) is 0 Å². The van der Waals surface area contributed by atoms with E-state index in [4.69, 9.17) is 27.1 Å². The molecule has 0 spiro atoms. The maximum atomic E-state index is 10.9. The second-order valence-electron chi connectivity index (χ2n) is 7.89. The van der Waals surface area contributed by atoms with E-state index < -0.39 is 26.6 Å². The number of nitrogens with two attached hydrogens (primary N) is 1. The van der Waals surface area contributed by atoms with Crippen molar-refractivity contribution in [1.29, 1.82) is 0 Å². The van der Waals surface area contributed by atoms with Crippen LogP contribution in [-0.4, -0.2) is 33.6 Å². The zero-order chi connectivity index (χ0) is 23.9. The first kappa shape index (κ1) is 25.9. The molecule has 1 unspecified atom stereocenters. The number of rotatable bonds is 11. The van der Waals surface area contributed by atoms with Crippen LogP contribution in [0.1, 0.15) is 17.5 Å². The molecule has 0 fully saturated rings. The monoisotopic (exact) mass is 507 g/mol. The van der Waals surface area contributed by atoms with Gasteiger partial charge in [-0.1, -0.05) is 66.2 Å². The van der Waals surface area contributed by atoms with Gasteiger partial charge in [-0.2, -0.15) is 0 Å². The lowest BCUT2D eigenvalue weighted by molar-refractivity contribution is 0.102. The molecule has 0 amide bonds. The van der Waals surface area contributed by atoms with Crippen molar-refractivity contribution in [1.82, 2.24) is 0 Å². The van der Waals surface area contributed by atoms with Gasteiger partial charge in [0.05, 0.1) is 18.8 Å². The van der Waals surface area contributed by atoms with Gasteiger partial charge in [-0.15, -0.1) is 11.8 Å². The molecule has 3 aromatic rings. The maximum absolute atomic E-state index is 10.9. The zero-order valence-corrected chi connectivity index (χ0v) is 20.4. The smallest absolute Gasteiger partial charge is 0.394 e. The third-order valence-electron chi connectivity index (χ3n) is 5.22. The van der Waals surface area contributed by atoms with Crippen LogP contribution in [0.5, 0.6) is 0 Å². The molecule has 1 atom stereocenters. The van der Waals surface area contributed by atoms with Crippen molar-refractivity contribution >= 4 is 31.2 Å². The molecule has 9 heteroatoms. The van der Waals surface area contributed by atoms with Crippen LogP contribution in [0, 0.1) is 0 Å². The Balaban J connectivity index is 1.61. The van der Waals surface area contributed by atoms with Crippen LogP contribution in [0.15, 0.2) is 77.7 Å². The Labute approximate surface area is 203 Å². The summed E-state index contributed by atoms with van der Waals surface area (Å²) in [6, 6.07) is 24.4. The highest BCUT2D eigenvalue weighted by atomic mass is 35.5. The van der Waals surface area contributed by atoms with E-state index in [2.05, 4.69) is 40.9 Å². The fourth-order valence-electron chi connectivity index (χ4n) is 3.21. The Kier molecular flexibility index (Phi) is 9.16. The molecule has 0 aliphatic carbocycles. The molecule has 0 saturated heterocycles. The molecule has 0 aromatic heterocycles. The van der Waals surface area contributed by atoms with E-state index in [-0.39, 0.29) is 6.42 Å². The average molecular weight is 508 g/mol. The highest BCUT2D eigenvalue weighted by molar-refractivity contribution is 7.98. The van der Waals surface area contributed by atoms with Gasteiger partial charge >= 0.3 is 7.82 Å². The molecule has 0 radical (unpaired) electrons. The van der Waals surface area contributed by atoms with Gasteiger partial charge in [-0.05, 0) is 53.3 Å². The van der Waals surface area contributed by atoms with E-state index in [1.54, 1.807) is 11.8 Å². The number of thioether (sulfide) groups is 1. The molecule has 0 heterocycles. The topological polar surface area (TPSA) is 113 Å². The van der Waals surface area contributed by atoms with E-state index in [1.807, 2.05) is 36.4 Å². The normalized spacial score (nSPS) is 13.6. The minimum atomic E-state index is -4.66. The first-order valence-electron chi connectivity index (χ1n) is 10.3. The Morgan fingerprint density at radius 1 is 1.00 bits per heavy atom. The Morgan fingerprint density at radius 2 is 1.67 bits per heavy atom. The van der Waals surface area contributed by atoms with E-state index in [0.29, 0.717) is 11.4 Å². The SMILES string of the molecule is NC(CO)(CCc1ccc(-c2ccc(SCc3ccccc3)cc2)cc1Cl)COP(=O)(O)O. The first-order valence-corrected chi connectivity index (χ1v) is 13.2. The Bertz CT molecular complexity index is 1090. The number of hydrogen-bond acceptors (Lipinski definition) is 5. The summed E-state index contributed by atoms with van der Waals surface area (Å²) < 4.78 is 15.4. The minimum Gasteiger partial charge on any atom is -0.394 e. The summed E-state index contributed by atoms with van der Waals surface area (Å²) in [6.45, 7) is -0.935. The van der Waals surface area contributed by atoms with E-state index in [9.17, 15) is 9.67 Å². The molecular formula is C24H27ClNO5PS. The third-order valence-corrected chi connectivity index (χ3v) is 7.12. The summed E-state index contributed by atoms with van der Waals surface area (Å²) in [5.41, 5.74) is 8.89. The lowest BCUT2D eigenvalue weighted by atomic mass is 9.93. The molecule has 0 bridgehead atoms. The number of benzene rings is 3. The molecule has 0 aliphatic heterocycles. The molecule has 5 N–H and O–H groups in total. The van der Waals surface area contributed by atoms with Crippen LogP contribution in [0.4, 0.5) is 0 Å². The lowest BCUT2D eigenvalue weighted by Gasteiger charge is -2.27. The van der Waals surface area contributed by atoms with Gasteiger partial charge in [0.15, 0.2) is 0 Å². The van der Waals surface area contributed by atoms with Gasteiger partial charge in [0.2, 0.25) is 0 Å². The highest BCUT2D eigenvalue weighted by Gasteiger charge is 2.28. The lowest BCUT2D eigenvalue weighted by Crippen LogP contribution is -2.48. The summed E-state index contributed by atoms with van der Waals surface area (Å²) in [5.74, 6) is 0.913. The number of phosphoric acid groups is 1. The molecule has 3 rings (SSSR count). The molecule has 3 aromatic carbocycles. The molecule has 0 aliphatic rings. The minimum absolute atomic E-state index is 0.246. The predicted octanol–water partition coefficient (Wildman–Crippen LogP) is 5.03. The second kappa shape index (κ2) is 11.6. The van der Waals surface area contributed by atoms with Crippen LogP contribution in [0.2, 0.25) is 5.02 Å². The van der Waals surface area contributed by atoms with Gasteiger partial charge in [-0.25, -0.2) is 4.57 Å².